The van der Waals surface area contributed by atoms with Crippen molar-refractivity contribution >= 4 is 38.8 Å². The lowest BCUT2D eigenvalue weighted by molar-refractivity contribution is 0.102. The Bertz CT molecular complexity index is 1530. The van der Waals surface area contributed by atoms with Gasteiger partial charge in [-0.25, -0.2) is 13.4 Å². The summed E-state index contributed by atoms with van der Waals surface area (Å²) in [7, 11) is -0.135. The minimum atomic E-state index is -3.44. The van der Waals surface area contributed by atoms with E-state index in [9.17, 15) is 13.2 Å². The maximum absolute atomic E-state index is 13.1. The lowest BCUT2D eigenvalue weighted by Gasteiger charge is -2.25. The van der Waals surface area contributed by atoms with Crippen molar-refractivity contribution in [2.45, 2.75) is 13.5 Å². The number of fused-ring (bicyclic) bond motifs is 1. The fraction of sp³-hybridized carbons (Fsp3) is 0.259. The summed E-state index contributed by atoms with van der Waals surface area (Å²) in [5.74, 6) is 1.32. The van der Waals surface area contributed by atoms with Gasteiger partial charge in [0.15, 0.2) is 0 Å². The van der Waals surface area contributed by atoms with Gasteiger partial charge in [0, 0.05) is 32.1 Å². The van der Waals surface area contributed by atoms with E-state index in [0.29, 0.717) is 42.3 Å². The predicted molar refractivity (Wildman–Crippen MR) is 149 cm³/mol. The molecular weight excluding hydrogens is 506 g/mol. The number of methoxy groups -OCH3 is 2. The lowest BCUT2D eigenvalue weighted by atomic mass is 10.2. The summed E-state index contributed by atoms with van der Waals surface area (Å²) in [6, 6.07) is 17.9. The van der Waals surface area contributed by atoms with E-state index in [4.69, 9.17) is 14.5 Å². The first-order chi connectivity index (χ1) is 18.2. The van der Waals surface area contributed by atoms with Gasteiger partial charge in [-0.3, -0.25) is 13.9 Å². The molecule has 2 N–H and O–H groups in total. The number of pyridine rings is 1. The number of hydrogen-bond donors (Lipinski definition) is 2. The number of nitrogens with one attached hydrogen (secondary N) is 2. The van der Waals surface area contributed by atoms with E-state index in [1.165, 1.54) is 0 Å². The van der Waals surface area contributed by atoms with Gasteiger partial charge in [-0.1, -0.05) is 18.2 Å². The molecule has 11 heteroatoms. The van der Waals surface area contributed by atoms with E-state index < -0.39 is 10.0 Å². The van der Waals surface area contributed by atoms with Gasteiger partial charge in [0.2, 0.25) is 10.0 Å². The summed E-state index contributed by atoms with van der Waals surface area (Å²) in [6.45, 7) is 3.68. The van der Waals surface area contributed by atoms with Crippen molar-refractivity contribution in [3.8, 4) is 5.75 Å². The van der Waals surface area contributed by atoms with Crippen LogP contribution in [0, 0.1) is 6.92 Å². The molecule has 0 aliphatic heterocycles. The number of sulfonamides is 1. The summed E-state index contributed by atoms with van der Waals surface area (Å²) in [5, 5.41) is 2.84. The van der Waals surface area contributed by atoms with Gasteiger partial charge < -0.3 is 19.7 Å². The van der Waals surface area contributed by atoms with Crippen LogP contribution in [0.2, 0.25) is 0 Å². The second-order valence-electron chi connectivity index (χ2n) is 8.84. The molecule has 4 aromatic rings. The van der Waals surface area contributed by atoms with Gasteiger partial charge in [0.05, 0.1) is 36.9 Å². The average Bonchev–Trinajstić information content (AvgIpc) is 3.21. The molecule has 0 fully saturated rings. The number of anilines is 3. The number of rotatable bonds is 11. The number of carbonyl (C=O) groups is 1. The van der Waals surface area contributed by atoms with Crippen LogP contribution in [0.25, 0.3) is 5.65 Å². The molecule has 0 radical (unpaired) electrons. The molecule has 0 aliphatic carbocycles. The van der Waals surface area contributed by atoms with Crippen molar-refractivity contribution in [1.29, 1.82) is 0 Å². The Labute approximate surface area is 222 Å². The van der Waals surface area contributed by atoms with Gasteiger partial charge in [-0.2, -0.15) is 0 Å². The number of amides is 1. The van der Waals surface area contributed by atoms with Crippen molar-refractivity contribution in [1.82, 2.24) is 9.38 Å². The highest BCUT2D eigenvalue weighted by molar-refractivity contribution is 7.92. The number of benzene rings is 2. The van der Waals surface area contributed by atoms with Crippen LogP contribution in [0.3, 0.4) is 0 Å². The van der Waals surface area contributed by atoms with Crippen molar-refractivity contribution in [2.75, 3.05) is 48.6 Å². The van der Waals surface area contributed by atoms with E-state index in [1.54, 1.807) is 56.8 Å². The zero-order valence-electron chi connectivity index (χ0n) is 21.8. The number of aryl methyl sites for hydroxylation is 1. The molecule has 0 atom stereocenters. The molecule has 0 spiro atoms. The van der Waals surface area contributed by atoms with Gasteiger partial charge in [0.1, 0.15) is 17.2 Å². The largest absolute Gasteiger partial charge is 0.497 e. The van der Waals surface area contributed by atoms with E-state index in [0.717, 1.165) is 29.1 Å². The van der Waals surface area contributed by atoms with Crippen molar-refractivity contribution in [2.24, 2.45) is 0 Å². The number of nitrogens with zero attached hydrogens (tertiary/aromatic N) is 3. The summed E-state index contributed by atoms with van der Waals surface area (Å²) < 4.78 is 38.1. The Balaban J connectivity index is 1.63. The van der Waals surface area contributed by atoms with Crippen LogP contribution in [0.1, 0.15) is 21.6 Å². The number of imidazole rings is 1. The Kier molecular flexibility index (Phi) is 8.18. The minimum absolute atomic E-state index is 0.334. The minimum Gasteiger partial charge on any atom is -0.497 e. The number of carbonyl (C=O) groups excluding carboxylic acids is 1. The second kappa shape index (κ2) is 11.5. The van der Waals surface area contributed by atoms with Crippen LogP contribution in [0.5, 0.6) is 5.75 Å². The first-order valence-electron chi connectivity index (χ1n) is 11.9. The van der Waals surface area contributed by atoms with Crippen LogP contribution in [0.15, 0.2) is 66.9 Å². The molecule has 0 saturated carbocycles. The molecule has 0 saturated heterocycles. The third-order valence-electron chi connectivity index (χ3n) is 5.84. The average molecular weight is 538 g/mol. The zero-order chi connectivity index (χ0) is 27.3. The van der Waals surface area contributed by atoms with Gasteiger partial charge in [-0.05, 0) is 55.0 Å². The molecule has 2 aromatic heterocycles. The highest BCUT2D eigenvalue weighted by Crippen LogP contribution is 2.26. The van der Waals surface area contributed by atoms with E-state index in [1.807, 2.05) is 35.6 Å². The number of ether oxygens (including phenoxy) is 2. The quantitative estimate of drug-likeness (QED) is 0.298. The number of aromatic nitrogens is 2. The SMILES string of the molecule is COCCN(Cc1ccc(OC)cc1)c1c(C)nc2ccc(C(=O)Nc3cccc(NS(C)(=O)=O)c3)cn12. The van der Waals surface area contributed by atoms with Gasteiger partial charge >= 0.3 is 0 Å². The molecule has 0 bridgehead atoms. The molecule has 0 unspecified atom stereocenters. The van der Waals surface area contributed by atoms with Crippen LogP contribution in [-0.2, 0) is 21.3 Å². The van der Waals surface area contributed by atoms with Gasteiger partial charge in [0.25, 0.3) is 5.91 Å². The third-order valence-corrected chi connectivity index (χ3v) is 6.45. The lowest BCUT2D eigenvalue weighted by Crippen LogP contribution is -2.28. The first kappa shape index (κ1) is 27.0. The van der Waals surface area contributed by atoms with Crippen molar-refractivity contribution in [3.63, 3.8) is 0 Å². The molecule has 10 nitrogen and oxygen atoms in total. The number of hydrogen-bond acceptors (Lipinski definition) is 7. The fourth-order valence-electron chi connectivity index (χ4n) is 4.16. The zero-order valence-corrected chi connectivity index (χ0v) is 22.6. The van der Waals surface area contributed by atoms with Crippen LogP contribution in [0.4, 0.5) is 17.2 Å². The standard InChI is InChI=1S/C27H31N5O5S/c1-19-27(31(14-15-36-2)17-20-8-11-24(37-3)12-9-20)32-18-21(10-13-25(32)28-19)26(33)29-22-6-5-7-23(16-22)30-38(4,34)35/h5-13,16,18,30H,14-15,17H2,1-4H3,(H,29,33). The van der Waals surface area contributed by atoms with Crippen LogP contribution < -0.4 is 19.7 Å². The molecule has 38 heavy (non-hydrogen) atoms. The molecular formula is C27H31N5O5S. The first-order valence-corrected chi connectivity index (χ1v) is 13.8. The smallest absolute Gasteiger partial charge is 0.257 e. The Hall–Kier alpha value is -4.09. The Morgan fingerprint density at radius 3 is 2.47 bits per heavy atom. The maximum atomic E-state index is 13.1. The van der Waals surface area contributed by atoms with Crippen molar-refractivity contribution in [3.05, 3.63) is 83.7 Å². The molecule has 4 rings (SSSR count). The monoisotopic (exact) mass is 537 g/mol. The molecule has 2 heterocycles. The van der Waals surface area contributed by atoms with Crippen LogP contribution in [-0.4, -0.2) is 57.3 Å². The highest BCUT2D eigenvalue weighted by atomic mass is 32.2. The van der Waals surface area contributed by atoms with E-state index in [2.05, 4.69) is 14.9 Å². The molecule has 0 aliphatic rings. The normalized spacial score (nSPS) is 11.4. The predicted octanol–water partition coefficient (Wildman–Crippen LogP) is 3.93. The summed E-state index contributed by atoms with van der Waals surface area (Å²) >= 11 is 0. The Morgan fingerprint density at radius 2 is 1.79 bits per heavy atom. The topological polar surface area (TPSA) is 114 Å². The molecule has 200 valence electrons. The summed E-state index contributed by atoms with van der Waals surface area (Å²) in [6.07, 6.45) is 2.83. The van der Waals surface area contributed by atoms with Gasteiger partial charge in [-0.15, -0.1) is 0 Å². The van der Waals surface area contributed by atoms with Crippen LogP contribution >= 0.6 is 0 Å². The van der Waals surface area contributed by atoms with E-state index in [-0.39, 0.29) is 5.91 Å². The fourth-order valence-corrected chi connectivity index (χ4v) is 4.71. The second-order valence-corrected chi connectivity index (χ2v) is 10.6. The van der Waals surface area contributed by atoms with E-state index >= 15 is 0 Å². The Morgan fingerprint density at radius 1 is 1.05 bits per heavy atom. The summed E-state index contributed by atoms with van der Waals surface area (Å²) in [5.41, 5.74) is 3.88. The van der Waals surface area contributed by atoms with Crippen molar-refractivity contribution < 1.29 is 22.7 Å². The highest BCUT2D eigenvalue weighted by Gasteiger charge is 2.18. The summed E-state index contributed by atoms with van der Waals surface area (Å²) in [4.78, 5) is 20.0. The third kappa shape index (κ3) is 6.61. The molecule has 1 amide bonds. The molecule has 2 aromatic carbocycles. The maximum Gasteiger partial charge on any atom is 0.257 e.